The monoisotopic (exact) mass is 653 g/mol. The first kappa shape index (κ1) is 33.1. The van der Waals surface area contributed by atoms with Gasteiger partial charge in [0, 0.05) is 31.3 Å². The number of nitrogens with two attached hydrogens (primary N) is 1. The minimum absolute atomic E-state index is 0. The summed E-state index contributed by atoms with van der Waals surface area (Å²) in [6.07, 6.45) is 1.96. The summed E-state index contributed by atoms with van der Waals surface area (Å²) >= 11 is 0. The lowest BCUT2D eigenvalue weighted by Crippen LogP contribution is -2.25. The maximum atomic E-state index is 12.4. The zero-order chi connectivity index (χ0) is 31.1. The number of amides is 1. The van der Waals surface area contributed by atoms with Crippen LogP contribution in [-0.2, 0) is 20.0 Å². The highest BCUT2D eigenvalue weighted by molar-refractivity contribution is 5.95. The number of nitrogens with zero attached hydrogens (tertiary/aromatic N) is 5. The van der Waals surface area contributed by atoms with Gasteiger partial charge in [-0.3, -0.25) is 18.9 Å². The van der Waals surface area contributed by atoms with E-state index < -0.39 is 29.1 Å². The first-order valence-corrected chi connectivity index (χ1v) is 13.1. The van der Waals surface area contributed by atoms with Gasteiger partial charge in [0.2, 0.25) is 0 Å². The molecule has 46 heavy (non-hydrogen) atoms. The van der Waals surface area contributed by atoms with Gasteiger partial charge in [0.1, 0.15) is 5.69 Å². The number of carboxylic acids is 1. The third-order valence-electron chi connectivity index (χ3n) is 7.09. The van der Waals surface area contributed by atoms with E-state index in [4.69, 9.17) is 10.2 Å². The molecule has 6 aromatic rings. The van der Waals surface area contributed by atoms with Gasteiger partial charge < -0.3 is 20.6 Å². The summed E-state index contributed by atoms with van der Waals surface area (Å²) in [5.41, 5.74) is 9.55. The zero-order valence-electron chi connectivity index (χ0n) is 23.3. The number of oxazole rings is 1. The Labute approximate surface area is 263 Å². The van der Waals surface area contributed by atoms with Gasteiger partial charge >= 0.3 is 23.2 Å². The smallest absolute Gasteiger partial charge is 0.439 e. The van der Waals surface area contributed by atoms with Crippen molar-refractivity contribution in [2.24, 2.45) is 12.8 Å². The topological polar surface area (TPSA) is 249 Å². The number of aryl methyl sites for hydroxylation is 2. The molecule has 1 aliphatic rings. The quantitative estimate of drug-likeness (QED) is 0.178. The average molecular weight is 654 g/mol. The van der Waals surface area contributed by atoms with Gasteiger partial charge in [0.05, 0.1) is 5.52 Å². The standard InChI is InChI=1S/C16H12N6O6.C11H11N3O2.CH4.ClH/c1-21-9-4-7(2-3-11(9)28-16(21)27)6-17-12(23)8-5-10(13(24)25)22-14(18-8)19-15(26)20-22;12-9-4-2-6-5-7(1-3-8(6)9)10-13-11(15)16-14-10;;/h2-5H,6H2,1H3,(H,17,23)(H,20,26)(H,24,25);1,3,5,9H,2,4,12H2,(H,13,14,15);1H4;1H/t;9-;;/m.0../s1. The molecular weight excluding hydrogens is 626 g/mol. The summed E-state index contributed by atoms with van der Waals surface area (Å²) in [6.45, 7) is 0.0940. The normalized spacial score (nSPS) is 13.3. The number of carbonyl (C=O) groups is 2. The van der Waals surface area contributed by atoms with Crippen LogP contribution >= 0.6 is 12.4 Å². The van der Waals surface area contributed by atoms with Crippen LogP contribution < -0.4 is 28.3 Å². The van der Waals surface area contributed by atoms with Crippen LogP contribution in [0.4, 0.5) is 0 Å². The van der Waals surface area contributed by atoms with Crippen molar-refractivity contribution in [1.29, 1.82) is 0 Å². The number of aromatic carboxylic acids is 1. The number of benzene rings is 2. The van der Waals surface area contributed by atoms with Crippen LogP contribution in [0.5, 0.6) is 0 Å². The highest BCUT2D eigenvalue weighted by atomic mass is 35.5. The Hall–Kier alpha value is -5.81. The van der Waals surface area contributed by atoms with Crippen molar-refractivity contribution in [3.8, 4) is 11.4 Å². The lowest BCUT2D eigenvalue weighted by Gasteiger charge is -2.07. The molecule has 17 nitrogen and oxygen atoms in total. The molecule has 7 rings (SSSR count). The Kier molecular flexibility index (Phi) is 9.38. The molecule has 240 valence electrons. The van der Waals surface area contributed by atoms with Gasteiger partial charge in [-0.15, -0.1) is 12.4 Å². The predicted molar refractivity (Wildman–Crippen MR) is 165 cm³/mol. The lowest BCUT2D eigenvalue weighted by molar-refractivity contribution is 0.0687. The van der Waals surface area contributed by atoms with Crippen LogP contribution in [0.3, 0.4) is 0 Å². The third kappa shape index (κ3) is 6.35. The van der Waals surface area contributed by atoms with Gasteiger partial charge in [-0.25, -0.2) is 33.8 Å². The minimum Gasteiger partial charge on any atom is -0.477 e. The van der Waals surface area contributed by atoms with Gasteiger partial charge in [-0.1, -0.05) is 30.8 Å². The molecule has 18 heteroatoms. The summed E-state index contributed by atoms with van der Waals surface area (Å²) in [5, 5.41) is 17.7. The minimum atomic E-state index is -1.36. The molecule has 1 atom stereocenters. The van der Waals surface area contributed by atoms with Crippen molar-refractivity contribution in [3.63, 3.8) is 0 Å². The van der Waals surface area contributed by atoms with Crippen LogP contribution in [0.1, 0.15) is 57.6 Å². The Morgan fingerprint density at radius 3 is 2.63 bits per heavy atom. The van der Waals surface area contributed by atoms with E-state index in [0.29, 0.717) is 22.5 Å². The van der Waals surface area contributed by atoms with Crippen LogP contribution in [-0.4, -0.2) is 51.3 Å². The molecule has 2 aromatic carbocycles. The Morgan fingerprint density at radius 2 is 1.91 bits per heavy atom. The second-order valence-electron chi connectivity index (χ2n) is 9.91. The maximum Gasteiger partial charge on any atom is 0.439 e. The number of carbonyl (C=O) groups excluding carboxylic acids is 1. The Morgan fingerprint density at radius 1 is 1.13 bits per heavy atom. The summed E-state index contributed by atoms with van der Waals surface area (Å²) in [4.78, 5) is 67.5. The largest absolute Gasteiger partial charge is 0.477 e. The van der Waals surface area contributed by atoms with E-state index in [-0.39, 0.29) is 49.6 Å². The van der Waals surface area contributed by atoms with Crippen molar-refractivity contribution in [3.05, 3.63) is 102 Å². The molecule has 0 radical (unpaired) electrons. The predicted octanol–water partition coefficient (Wildman–Crippen LogP) is 1.52. The highest BCUT2D eigenvalue weighted by Gasteiger charge is 2.20. The highest BCUT2D eigenvalue weighted by Crippen LogP contribution is 2.31. The number of nitrogens with one attached hydrogen (secondary N) is 3. The zero-order valence-corrected chi connectivity index (χ0v) is 24.1. The molecule has 6 N–H and O–H groups in total. The van der Waals surface area contributed by atoms with Crippen LogP contribution in [0.25, 0.3) is 28.3 Å². The van der Waals surface area contributed by atoms with Gasteiger partial charge in [0.25, 0.3) is 11.7 Å². The number of hydrogen-bond donors (Lipinski definition) is 5. The van der Waals surface area contributed by atoms with Gasteiger partial charge in [0.15, 0.2) is 17.1 Å². The Balaban J connectivity index is 0.000000228. The number of aromatic amines is 2. The number of hydrogen-bond acceptors (Lipinski definition) is 11. The molecule has 4 aromatic heterocycles. The van der Waals surface area contributed by atoms with Crippen LogP contribution in [0.2, 0.25) is 0 Å². The molecule has 1 amide bonds. The molecule has 0 saturated carbocycles. The van der Waals surface area contributed by atoms with Gasteiger partial charge in [-0.05, 0) is 47.7 Å². The fraction of sp³-hybridized carbons (Fsp3) is 0.214. The molecule has 0 spiro atoms. The molecular formula is C28H28ClN9O8. The third-order valence-corrected chi connectivity index (χ3v) is 7.09. The molecule has 0 unspecified atom stereocenters. The number of rotatable bonds is 5. The van der Waals surface area contributed by atoms with Gasteiger partial charge in [-0.2, -0.15) is 4.98 Å². The summed E-state index contributed by atoms with van der Waals surface area (Å²) in [5.74, 6) is -2.81. The van der Waals surface area contributed by atoms with E-state index in [1.54, 1.807) is 25.2 Å². The molecule has 0 bridgehead atoms. The van der Waals surface area contributed by atoms with E-state index in [1.165, 1.54) is 15.7 Å². The number of halogens is 1. The maximum absolute atomic E-state index is 12.4. The fourth-order valence-electron chi connectivity index (χ4n) is 4.87. The summed E-state index contributed by atoms with van der Waals surface area (Å²) in [7, 11) is 1.56. The van der Waals surface area contributed by atoms with E-state index >= 15 is 0 Å². The number of carboxylic acid groups (broad SMARTS) is 1. The van der Waals surface area contributed by atoms with E-state index in [9.17, 15) is 29.1 Å². The first-order valence-electron chi connectivity index (χ1n) is 13.1. The molecule has 0 aliphatic heterocycles. The molecule has 4 heterocycles. The summed E-state index contributed by atoms with van der Waals surface area (Å²) < 4.78 is 11.7. The lowest BCUT2D eigenvalue weighted by atomic mass is 10.0. The first-order chi connectivity index (χ1) is 21.1. The number of H-pyrrole nitrogens is 2. The van der Waals surface area contributed by atoms with Crippen molar-refractivity contribution in [2.75, 3.05) is 0 Å². The van der Waals surface area contributed by atoms with Crippen LogP contribution in [0, 0.1) is 0 Å². The number of aromatic nitrogens is 7. The van der Waals surface area contributed by atoms with Crippen LogP contribution in [0.15, 0.2) is 65.8 Å². The molecule has 0 fully saturated rings. The fourth-order valence-corrected chi connectivity index (χ4v) is 4.87. The number of fused-ring (bicyclic) bond motifs is 3. The van der Waals surface area contributed by atoms with E-state index in [1.807, 2.05) is 18.2 Å². The average Bonchev–Trinajstić information content (AvgIpc) is 3.77. The molecule has 1 aliphatic carbocycles. The second-order valence-corrected chi connectivity index (χ2v) is 9.91. The van der Waals surface area contributed by atoms with E-state index in [2.05, 4.69) is 35.0 Å². The Bertz CT molecular complexity index is 2260. The van der Waals surface area contributed by atoms with Crippen molar-refractivity contribution in [2.45, 2.75) is 32.9 Å². The summed E-state index contributed by atoms with van der Waals surface area (Å²) in [6, 6.07) is 12.1. The van der Waals surface area contributed by atoms with E-state index in [0.717, 1.165) is 29.0 Å². The van der Waals surface area contributed by atoms with Crippen molar-refractivity contribution < 1.29 is 23.6 Å². The van der Waals surface area contributed by atoms with Crippen molar-refractivity contribution in [1.82, 2.24) is 39.6 Å². The second kappa shape index (κ2) is 13.0. The van der Waals surface area contributed by atoms with Crippen molar-refractivity contribution >= 4 is 41.2 Å². The molecule has 0 saturated heterocycles. The SMILES string of the molecule is C.Cl.Cn1c(=O)oc2ccc(CNC(=O)c3cc(C(=O)O)n4[nH]c(=O)nc4n3)cc21.N[C@H]1CCc2cc(-c3noc(=O)[nH]3)ccc21.